The van der Waals surface area contributed by atoms with E-state index in [4.69, 9.17) is 9.15 Å². The van der Waals surface area contributed by atoms with Crippen LogP contribution in [0.15, 0.2) is 28.6 Å². The van der Waals surface area contributed by atoms with Crippen molar-refractivity contribution < 1.29 is 14.3 Å². The molecule has 0 saturated carbocycles. The second-order valence-electron chi connectivity index (χ2n) is 3.47. The van der Waals surface area contributed by atoms with Crippen molar-refractivity contribution in [1.29, 1.82) is 0 Å². The summed E-state index contributed by atoms with van der Waals surface area (Å²) in [6.45, 7) is 2.59. The molecule has 14 heavy (non-hydrogen) atoms. The summed E-state index contributed by atoms with van der Waals surface area (Å²) in [5, 5.41) is 9.93. The lowest BCUT2D eigenvalue weighted by Gasteiger charge is -2.18. The van der Waals surface area contributed by atoms with Gasteiger partial charge in [-0.05, 0) is 37.5 Å². The predicted octanol–water partition coefficient (Wildman–Crippen LogP) is 2.32. The number of allylic oxidation sites excluding steroid dienone is 1. The number of aryl methyl sites for hydroxylation is 1. The van der Waals surface area contributed by atoms with E-state index in [1.165, 1.54) is 0 Å². The highest BCUT2D eigenvalue weighted by atomic mass is 16.5. The van der Waals surface area contributed by atoms with E-state index < -0.39 is 6.10 Å². The lowest BCUT2D eigenvalue weighted by molar-refractivity contribution is 0.0783. The third kappa shape index (κ3) is 1.68. The Balaban J connectivity index is 2.19. The standard InChI is InChI=1S/C11H14O3/c1-8-5-7-14-11(8)10(12)9-4-2-3-6-13-9/h4-5,7,10,12H,2-3,6H2,1H3. The molecule has 0 aromatic carbocycles. The van der Waals surface area contributed by atoms with E-state index >= 15 is 0 Å². The molecule has 76 valence electrons. The molecular formula is C11H14O3. The van der Waals surface area contributed by atoms with Crippen LogP contribution in [0.5, 0.6) is 0 Å². The summed E-state index contributed by atoms with van der Waals surface area (Å²) in [7, 11) is 0. The second kappa shape index (κ2) is 3.88. The summed E-state index contributed by atoms with van der Waals surface area (Å²) in [4.78, 5) is 0. The Morgan fingerprint density at radius 1 is 1.50 bits per heavy atom. The van der Waals surface area contributed by atoms with Gasteiger partial charge in [-0.3, -0.25) is 0 Å². The van der Waals surface area contributed by atoms with Crippen molar-refractivity contribution in [2.24, 2.45) is 0 Å². The van der Waals surface area contributed by atoms with Crippen molar-refractivity contribution in [2.75, 3.05) is 6.61 Å². The van der Waals surface area contributed by atoms with Crippen LogP contribution in [-0.2, 0) is 4.74 Å². The Hall–Kier alpha value is -1.22. The van der Waals surface area contributed by atoms with Crippen LogP contribution in [0.1, 0.15) is 30.3 Å². The zero-order valence-corrected chi connectivity index (χ0v) is 8.19. The summed E-state index contributed by atoms with van der Waals surface area (Å²) in [6.07, 6.45) is 4.75. The zero-order chi connectivity index (χ0) is 9.97. The molecule has 1 aliphatic heterocycles. The van der Waals surface area contributed by atoms with Gasteiger partial charge in [0.05, 0.1) is 12.9 Å². The first-order valence-corrected chi connectivity index (χ1v) is 4.84. The van der Waals surface area contributed by atoms with Crippen molar-refractivity contribution in [3.8, 4) is 0 Å². The van der Waals surface area contributed by atoms with Crippen LogP contribution in [0.4, 0.5) is 0 Å². The molecule has 3 heteroatoms. The topological polar surface area (TPSA) is 42.6 Å². The van der Waals surface area contributed by atoms with Crippen molar-refractivity contribution in [3.05, 3.63) is 35.5 Å². The molecule has 0 amide bonds. The molecule has 0 bridgehead atoms. The number of rotatable bonds is 2. The molecule has 0 aliphatic carbocycles. The smallest absolute Gasteiger partial charge is 0.168 e. The zero-order valence-electron chi connectivity index (χ0n) is 8.19. The van der Waals surface area contributed by atoms with Gasteiger partial charge in [-0.15, -0.1) is 0 Å². The maximum Gasteiger partial charge on any atom is 0.168 e. The molecule has 0 fully saturated rings. The Labute approximate surface area is 83.0 Å². The van der Waals surface area contributed by atoms with Gasteiger partial charge in [-0.25, -0.2) is 0 Å². The molecule has 1 atom stereocenters. The van der Waals surface area contributed by atoms with E-state index in [1.807, 2.05) is 19.1 Å². The van der Waals surface area contributed by atoms with Crippen molar-refractivity contribution in [3.63, 3.8) is 0 Å². The van der Waals surface area contributed by atoms with Gasteiger partial charge in [0.15, 0.2) is 6.10 Å². The van der Waals surface area contributed by atoms with Crippen LogP contribution < -0.4 is 0 Å². The highest BCUT2D eigenvalue weighted by Gasteiger charge is 2.21. The van der Waals surface area contributed by atoms with E-state index in [9.17, 15) is 5.11 Å². The largest absolute Gasteiger partial charge is 0.495 e. The number of hydrogen-bond acceptors (Lipinski definition) is 3. The van der Waals surface area contributed by atoms with Crippen LogP contribution in [-0.4, -0.2) is 11.7 Å². The number of hydrogen-bond donors (Lipinski definition) is 1. The first-order chi connectivity index (χ1) is 6.79. The van der Waals surface area contributed by atoms with Crippen molar-refractivity contribution in [1.82, 2.24) is 0 Å². The van der Waals surface area contributed by atoms with Crippen LogP contribution in [0, 0.1) is 6.92 Å². The van der Waals surface area contributed by atoms with Gasteiger partial charge in [0.25, 0.3) is 0 Å². The Kier molecular flexibility index (Phi) is 2.59. The van der Waals surface area contributed by atoms with Crippen LogP contribution in [0.3, 0.4) is 0 Å². The summed E-state index contributed by atoms with van der Waals surface area (Å²) in [6, 6.07) is 1.84. The van der Waals surface area contributed by atoms with E-state index in [0.29, 0.717) is 18.1 Å². The van der Waals surface area contributed by atoms with Crippen LogP contribution >= 0.6 is 0 Å². The fourth-order valence-electron chi connectivity index (χ4n) is 1.56. The van der Waals surface area contributed by atoms with Gasteiger partial charge >= 0.3 is 0 Å². The Bertz CT molecular complexity index is 338. The molecule has 3 nitrogen and oxygen atoms in total. The number of aliphatic hydroxyl groups excluding tert-OH is 1. The van der Waals surface area contributed by atoms with Crippen LogP contribution in [0.2, 0.25) is 0 Å². The molecule has 1 unspecified atom stereocenters. The quantitative estimate of drug-likeness (QED) is 0.785. The highest BCUT2D eigenvalue weighted by Crippen LogP contribution is 2.28. The predicted molar refractivity (Wildman–Crippen MR) is 51.7 cm³/mol. The minimum absolute atomic E-state index is 0.582. The second-order valence-corrected chi connectivity index (χ2v) is 3.47. The third-order valence-electron chi connectivity index (χ3n) is 2.38. The number of aliphatic hydroxyl groups is 1. The van der Waals surface area contributed by atoms with E-state index in [2.05, 4.69) is 0 Å². The molecular weight excluding hydrogens is 180 g/mol. The average Bonchev–Trinajstić information content (AvgIpc) is 2.65. The fraction of sp³-hybridized carbons (Fsp3) is 0.455. The van der Waals surface area contributed by atoms with Gasteiger partial charge in [0.1, 0.15) is 11.5 Å². The Morgan fingerprint density at radius 3 is 2.93 bits per heavy atom. The monoisotopic (exact) mass is 194 g/mol. The lowest BCUT2D eigenvalue weighted by atomic mass is 10.1. The summed E-state index contributed by atoms with van der Waals surface area (Å²) in [5.74, 6) is 1.20. The number of ether oxygens (including phenoxy) is 1. The minimum Gasteiger partial charge on any atom is -0.495 e. The molecule has 2 heterocycles. The fourth-order valence-corrected chi connectivity index (χ4v) is 1.56. The molecule has 0 radical (unpaired) electrons. The van der Waals surface area contributed by atoms with Gasteiger partial charge in [0.2, 0.25) is 0 Å². The number of furan rings is 1. The summed E-state index contributed by atoms with van der Waals surface area (Å²) < 4.78 is 10.6. The van der Waals surface area contributed by atoms with E-state index in [1.54, 1.807) is 6.26 Å². The van der Waals surface area contributed by atoms with Crippen molar-refractivity contribution in [2.45, 2.75) is 25.9 Å². The molecule has 2 rings (SSSR count). The summed E-state index contributed by atoms with van der Waals surface area (Å²) in [5.41, 5.74) is 0.951. The SMILES string of the molecule is Cc1ccoc1C(O)C1=CCCCO1. The van der Waals surface area contributed by atoms with E-state index in [0.717, 1.165) is 18.4 Å². The van der Waals surface area contributed by atoms with Crippen LogP contribution in [0.25, 0.3) is 0 Å². The molecule has 0 spiro atoms. The van der Waals surface area contributed by atoms with Gasteiger partial charge in [-0.2, -0.15) is 0 Å². The molecule has 1 N–H and O–H groups in total. The normalized spacial score (nSPS) is 18.6. The first-order valence-electron chi connectivity index (χ1n) is 4.84. The minimum atomic E-state index is -0.745. The maximum absolute atomic E-state index is 9.93. The van der Waals surface area contributed by atoms with Crippen molar-refractivity contribution >= 4 is 0 Å². The van der Waals surface area contributed by atoms with Gasteiger partial charge in [0, 0.05) is 0 Å². The molecule has 1 aromatic rings. The Morgan fingerprint density at radius 2 is 2.36 bits per heavy atom. The highest BCUT2D eigenvalue weighted by molar-refractivity contribution is 5.22. The molecule has 1 aromatic heterocycles. The maximum atomic E-state index is 9.93. The molecule has 0 saturated heterocycles. The summed E-state index contributed by atoms with van der Waals surface area (Å²) >= 11 is 0. The molecule has 1 aliphatic rings. The lowest BCUT2D eigenvalue weighted by Crippen LogP contribution is -2.09. The van der Waals surface area contributed by atoms with Gasteiger partial charge in [-0.1, -0.05) is 0 Å². The first kappa shape index (κ1) is 9.34. The van der Waals surface area contributed by atoms with E-state index in [-0.39, 0.29) is 0 Å². The third-order valence-corrected chi connectivity index (χ3v) is 2.38. The van der Waals surface area contributed by atoms with Gasteiger partial charge < -0.3 is 14.3 Å². The average molecular weight is 194 g/mol.